The van der Waals surface area contributed by atoms with Gasteiger partial charge >= 0.3 is 0 Å². The van der Waals surface area contributed by atoms with Gasteiger partial charge in [0.05, 0.1) is 12.8 Å². The molecule has 0 radical (unpaired) electrons. The van der Waals surface area contributed by atoms with Crippen LogP contribution in [0.1, 0.15) is 22.6 Å². The van der Waals surface area contributed by atoms with Crippen molar-refractivity contribution in [3.8, 4) is 5.75 Å². The first-order valence-corrected chi connectivity index (χ1v) is 6.66. The maximum absolute atomic E-state index is 5.21. The first kappa shape index (κ1) is 12.7. The molecule has 3 nitrogen and oxygen atoms in total. The van der Waals surface area contributed by atoms with Gasteiger partial charge in [-0.15, -0.1) is 0 Å². The van der Waals surface area contributed by atoms with Crippen molar-refractivity contribution in [2.24, 2.45) is 5.16 Å². The maximum atomic E-state index is 5.21. The second kappa shape index (κ2) is 5.37. The molecule has 0 amide bonds. The van der Waals surface area contributed by atoms with Crippen LogP contribution in [0.3, 0.4) is 0 Å². The van der Waals surface area contributed by atoms with E-state index < -0.39 is 0 Å². The van der Waals surface area contributed by atoms with Crippen molar-refractivity contribution < 1.29 is 9.57 Å². The second-order valence-electron chi connectivity index (χ2n) is 4.85. The summed E-state index contributed by atoms with van der Waals surface area (Å²) in [6.07, 6.45) is 0.963. The van der Waals surface area contributed by atoms with Crippen LogP contribution in [0.15, 0.2) is 53.7 Å². The van der Waals surface area contributed by atoms with E-state index in [1.165, 1.54) is 16.7 Å². The van der Waals surface area contributed by atoms with Crippen LogP contribution < -0.4 is 4.74 Å². The Bertz CT molecular complexity index is 632. The van der Waals surface area contributed by atoms with Crippen molar-refractivity contribution in [1.82, 2.24) is 0 Å². The highest BCUT2D eigenvalue weighted by atomic mass is 16.6. The van der Waals surface area contributed by atoms with Crippen molar-refractivity contribution in [3.05, 3.63) is 65.2 Å². The third-order valence-corrected chi connectivity index (χ3v) is 3.76. The third-order valence-electron chi connectivity index (χ3n) is 3.76. The molecule has 0 saturated heterocycles. The van der Waals surface area contributed by atoms with Crippen LogP contribution in [0.25, 0.3) is 0 Å². The smallest absolute Gasteiger partial charge is 0.118 e. The molecule has 2 aromatic carbocycles. The first-order chi connectivity index (χ1) is 9.83. The fraction of sp³-hybridized carbons (Fsp3) is 0.235. The Kier molecular flexibility index (Phi) is 3.42. The minimum absolute atomic E-state index is 0.248. The standard InChI is InChI=1S/C17H17NO2/c1-19-14-9-7-12(8-10-14)16-11-13-5-3-4-6-15(13)17(16)18-20-2/h3-10,16H,11H2,1-2H3/b18-17-. The maximum Gasteiger partial charge on any atom is 0.118 e. The Morgan fingerprint density at radius 3 is 2.45 bits per heavy atom. The molecular weight excluding hydrogens is 250 g/mol. The van der Waals surface area contributed by atoms with E-state index in [9.17, 15) is 0 Å². The Labute approximate surface area is 118 Å². The van der Waals surface area contributed by atoms with Gasteiger partial charge in [-0.3, -0.25) is 0 Å². The van der Waals surface area contributed by atoms with Gasteiger partial charge < -0.3 is 9.57 Å². The lowest BCUT2D eigenvalue weighted by atomic mass is 9.94. The highest BCUT2D eigenvalue weighted by Gasteiger charge is 2.30. The summed E-state index contributed by atoms with van der Waals surface area (Å²) in [5, 5.41) is 4.25. The molecule has 0 saturated carbocycles. The van der Waals surface area contributed by atoms with E-state index in [2.05, 4.69) is 35.5 Å². The normalized spacial score (nSPS) is 18.9. The van der Waals surface area contributed by atoms with Gasteiger partial charge in [-0.1, -0.05) is 41.6 Å². The van der Waals surface area contributed by atoms with Gasteiger partial charge in [0.25, 0.3) is 0 Å². The zero-order valence-electron chi connectivity index (χ0n) is 11.7. The van der Waals surface area contributed by atoms with Crippen LogP contribution in [0, 0.1) is 0 Å². The molecule has 0 aliphatic heterocycles. The predicted molar refractivity (Wildman–Crippen MR) is 79.4 cm³/mol. The van der Waals surface area contributed by atoms with Gasteiger partial charge in [-0.05, 0) is 29.7 Å². The molecule has 102 valence electrons. The number of rotatable bonds is 3. The molecule has 0 fully saturated rings. The van der Waals surface area contributed by atoms with Gasteiger partial charge in [0.1, 0.15) is 12.9 Å². The minimum atomic E-state index is 0.248. The summed E-state index contributed by atoms with van der Waals surface area (Å²) < 4.78 is 5.21. The number of benzene rings is 2. The monoisotopic (exact) mass is 267 g/mol. The number of methoxy groups -OCH3 is 1. The lowest BCUT2D eigenvalue weighted by Gasteiger charge is -2.12. The molecular formula is C17H17NO2. The van der Waals surface area contributed by atoms with E-state index in [1.54, 1.807) is 14.2 Å². The summed E-state index contributed by atoms with van der Waals surface area (Å²) in [4.78, 5) is 5.04. The van der Waals surface area contributed by atoms with E-state index in [1.807, 2.05) is 18.2 Å². The summed E-state index contributed by atoms with van der Waals surface area (Å²) in [6, 6.07) is 16.5. The van der Waals surface area contributed by atoms with E-state index in [4.69, 9.17) is 9.57 Å². The fourth-order valence-corrected chi connectivity index (χ4v) is 2.78. The van der Waals surface area contributed by atoms with E-state index in [0.717, 1.165) is 17.9 Å². The van der Waals surface area contributed by atoms with Crippen molar-refractivity contribution in [3.63, 3.8) is 0 Å². The second-order valence-corrected chi connectivity index (χ2v) is 4.85. The van der Waals surface area contributed by atoms with E-state index in [0.29, 0.717) is 0 Å². The van der Waals surface area contributed by atoms with Gasteiger partial charge in [-0.25, -0.2) is 0 Å². The van der Waals surface area contributed by atoms with Crippen LogP contribution in [-0.2, 0) is 11.3 Å². The Hall–Kier alpha value is -2.29. The minimum Gasteiger partial charge on any atom is -0.497 e. The molecule has 20 heavy (non-hydrogen) atoms. The molecule has 2 aromatic rings. The lowest BCUT2D eigenvalue weighted by Crippen LogP contribution is -2.09. The predicted octanol–water partition coefficient (Wildman–Crippen LogP) is 3.39. The van der Waals surface area contributed by atoms with Gasteiger partial charge in [0.15, 0.2) is 0 Å². The van der Waals surface area contributed by atoms with Crippen LogP contribution in [0.4, 0.5) is 0 Å². The van der Waals surface area contributed by atoms with Gasteiger partial charge in [0, 0.05) is 11.5 Å². The Balaban J connectivity index is 1.99. The number of ether oxygens (including phenoxy) is 1. The lowest BCUT2D eigenvalue weighted by molar-refractivity contribution is 0.212. The molecule has 0 N–H and O–H groups in total. The largest absolute Gasteiger partial charge is 0.497 e. The zero-order chi connectivity index (χ0) is 13.9. The number of oxime groups is 1. The van der Waals surface area contributed by atoms with Crippen molar-refractivity contribution in [1.29, 1.82) is 0 Å². The molecule has 1 aliphatic rings. The summed E-state index contributed by atoms with van der Waals surface area (Å²) in [6.45, 7) is 0. The zero-order valence-corrected chi connectivity index (χ0v) is 11.7. The average Bonchev–Trinajstić information content (AvgIpc) is 2.87. The van der Waals surface area contributed by atoms with Gasteiger partial charge in [0.2, 0.25) is 0 Å². The highest BCUT2D eigenvalue weighted by molar-refractivity contribution is 6.08. The quantitative estimate of drug-likeness (QED) is 0.798. The topological polar surface area (TPSA) is 30.8 Å². The fourth-order valence-electron chi connectivity index (χ4n) is 2.78. The molecule has 0 aromatic heterocycles. The van der Waals surface area contributed by atoms with Crippen molar-refractivity contribution >= 4 is 5.71 Å². The van der Waals surface area contributed by atoms with E-state index >= 15 is 0 Å². The molecule has 0 bridgehead atoms. The van der Waals surface area contributed by atoms with Crippen LogP contribution >= 0.6 is 0 Å². The van der Waals surface area contributed by atoms with Crippen molar-refractivity contribution in [2.75, 3.05) is 14.2 Å². The van der Waals surface area contributed by atoms with Gasteiger partial charge in [-0.2, -0.15) is 0 Å². The average molecular weight is 267 g/mol. The van der Waals surface area contributed by atoms with Crippen molar-refractivity contribution in [2.45, 2.75) is 12.3 Å². The molecule has 0 heterocycles. The third kappa shape index (κ3) is 2.16. The number of fused-ring (bicyclic) bond motifs is 1. The summed E-state index contributed by atoms with van der Waals surface area (Å²) in [7, 11) is 3.28. The number of nitrogens with zero attached hydrogens (tertiary/aromatic N) is 1. The molecule has 0 spiro atoms. The van der Waals surface area contributed by atoms with Crippen LogP contribution in [0.2, 0.25) is 0 Å². The van der Waals surface area contributed by atoms with E-state index in [-0.39, 0.29) is 5.92 Å². The SMILES string of the molecule is CO/N=C1/c2ccccc2CC1c1ccc(OC)cc1. The number of hydrogen-bond donors (Lipinski definition) is 0. The van der Waals surface area contributed by atoms with Crippen LogP contribution in [0.5, 0.6) is 5.75 Å². The summed E-state index contributed by atoms with van der Waals surface area (Å²) in [5.41, 5.74) is 4.75. The number of hydrogen-bond acceptors (Lipinski definition) is 3. The summed E-state index contributed by atoms with van der Waals surface area (Å²) in [5.74, 6) is 1.12. The highest BCUT2D eigenvalue weighted by Crippen LogP contribution is 2.35. The van der Waals surface area contributed by atoms with Crippen LogP contribution in [-0.4, -0.2) is 19.9 Å². The molecule has 3 heteroatoms. The molecule has 1 unspecified atom stereocenters. The molecule has 1 aliphatic carbocycles. The Morgan fingerprint density at radius 2 is 1.75 bits per heavy atom. The Morgan fingerprint density at radius 1 is 1.00 bits per heavy atom. The molecule has 3 rings (SSSR count). The first-order valence-electron chi connectivity index (χ1n) is 6.66. The molecule has 1 atom stereocenters. The summed E-state index contributed by atoms with van der Waals surface area (Å²) >= 11 is 0.